The second-order valence-electron chi connectivity index (χ2n) is 9.10. The van der Waals surface area contributed by atoms with Gasteiger partial charge in [0.15, 0.2) is 0 Å². The molecule has 2 aromatic rings. The second kappa shape index (κ2) is 19.8. The Balaban J connectivity index is 1.30. The molecule has 202 valence electrons. The highest BCUT2D eigenvalue weighted by Gasteiger charge is 2.09. The number of benzene rings is 1. The van der Waals surface area contributed by atoms with E-state index in [-0.39, 0.29) is 18.1 Å². The second-order valence-corrected chi connectivity index (χ2v) is 9.10. The molecule has 8 nitrogen and oxygen atoms in total. The minimum atomic E-state index is -0.291. The minimum absolute atomic E-state index is 0.0382. The molecule has 6 N–H and O–H groups in total. The smallest absolute Gasteiger partial charge is 0.224 e. The standard InChI is InChI=1S/C27H46FN7O/c1-29-10-4-13-30-11-2-3-12-31-14-5-15-32-16-6-17-33-18-7-19-34-27(36)20-23-22-35-26-9-8-24(28)21-25(23)26/h8-9,21-22,30-33,35H,1-7,10-20H2,(H,34,36). The van der Waals surface area contributed by atoms with Gasteiger partial charge >= 0.3 is 0 Å². The number of carbonyl (C=O) groups excluding carboxylic acids is 1. The molecule has 0 aliphatic carbocycles. The number of fused-ring (bicyclic) bond motifs is 1. The van der Waals surface area contributed by atoms with E-state index in [1.54, 1.807) is 12.3 Å². The molecule has 36 heavy (non-hydrogen) atoms. The zero-order valence-electron chi connectivity index (χ0n) is 21.8. The van der Waals surface area contributed by atoms with Crippen LogP contribution in [0.5, 0.6) is 0 Å². The van der Waals surface area contributed by atoms with Crippen LogP contribution < -0.4 is 26.6 Å². The molecule has 1 aromatic carbocycles. The van der Waals surface area contributed by atoms with Crippen molar-refractivity contribution in [1.29, 1.82) is 0 Å². The Morgan fingerprint density at radius 1 is 0.806 bits per heavy atom. The lowest BCUT2D eigenvalue weighted by atomic mass is 10.1. The molecule has 0 atom stereocenters. The quantitative estimate of drug-likeness (QED) is 0.103. The first-order valence-electron chi connectivity index (χ1n) is 13.5. The first-order chi connectivity index (χ1) is 17.7. The van der Waals surface area contributed by atoms with Crippen molar-refractivity contribution in [3.05, 3.63) is 35.8 Å². The average molecular weight is 504 g/mol. The normalized spacial score (nSPS) is 11.2. The van der Waals surface area contributed by atoms with E-state index in [0.717, 1.165) is 101 Å². The van der Waals surface area contributed by atoms with Crippen molar-refractivity contribution in [2.24, 2.45) is 4.99 Å². The van der Waals surface area contributed by atoms with Crippen molar-refractivity contribution < 1.29 is 9.18 Å². The average Bonchev–Trinajstić information content (AvgIpc) is 3.26. The highest BCUT2D eigenvalue weighted by molar-refractivity contribution is 5.88. The van der Waals surface area contributed by atoms with Crippen LogP contribution in [0.25, 0.3) is 10.9 Å². The number of aliphatic imine (C=N–C) groups is 1. The number of H-pyrrole nitrogens is 1. The van der Waals surface area contributed by atoms with Gasteiger partial charge in [-0.1, -0.05) is 0 Å². The summed E-state index contributed by atoms with van der Waals surface area (Å²) < 4.78 is 13.5. The van der Waals surface area contributed by atoms with Crippen LogP contribution in [-0.4, -0.2) is 83.1 Å². The van der Waals surface area contributed by atoms with E-state index in [0.29, 0.717) is 6.54 Å². The van der Waals surface area contributed by atoms with Crippen LogP contribution >= 0.6 is 0 Å². The highest BCUT2D eigenvalue weighted by Crippen LogP contribution is 2.19. The maximum Gasteiger partial charge on any atom is 0.224 e. The molecular weight excluding hydrogens is 457 g/mol. The van der Waals surface area contributed by atoms with E-state index < -0.39 is 0 Å². The summed E-state index contributed by atoms with van der Waals surface area (Å²) in [6.07, 6.45) is 8.65. The molecule has 0 aliphatic rings. The Kier molecular flexibility index (Phi) is 16.5. The molecule has 1 amide bonds. The predicted octanol–water partition coefficient (Wildman–Crippen LogP) is 2.37. The van der Waals surface area contributed by atoms with Gasteiger partial charge in [0.25, 0.3) is 0 Å². The molecule has 9 heteroatoms. The fraction of sp³-hybridized carbons (Fsp3) is 0.630. The third-order valence-corrected chi connectivity index (χ3v) is 5.97. The number of carbonyl (C=O) groups is 1. The van der Waals surface area contributed by atoms with Crippen molar-refractivity contribution in [3.8, 4) is 0 Å². The lowest BCUT2D eigenvalue weighted by molar-refractivity contribution is -0.120. The summed E-state index contributed by atoms with van der Waals surface area (Å²) in [6, 6.07) is 4.58. The molecule has 0 saturated heterocycles. The van der Waals surface area contributed by atoms with Crippen LogP contribution in [0.4, 0.5) is 4.39 Å². The Labute approximate surface area is 215 Å². The first-order valence-corrected chi connectivity index (χ1v) is 13.5. The van der Waals surface area contributed by atoms with Gasteiger partial charge in [-0.15, -0.1) is 0 Å². The van der Waals surface area contributed by atoms with Gasteiger partial charge < -0.3 is 36.6 Å². The molecular formula is C27H46FN7O. The molecule has 0 bridgehead atoms. The number of aromatic amines is 1. The SMILES string of the molecule is C=NCCCNCCCCNCCCNCCCNCCCNC(=O)Cc1c[nH]c2ccc(F)cc12. The van der Waals surface area contributed by atoms with Crippen LogP contribution in [0, 0.1) is 5.82 Å². The number of nitrogens with one attached hydrogen (secondary N) is 6. The van der Waals surface area contributed by atoms with Gasteiger partial charge in [-0.25, -0.2) is 4.39 Å². The summed E-state index contributed by atoms with van der Waals surface area (Å²) in [4.78, 5) is 19.1. The van der Waals surface area contributed by atoms with E-state index in [9.17, 15) is 9.18 Å². The Bertz CT molecular complexity index is 858. The van der Waals surface area contributed by atoms with Gasteiger partial charge in [0, 0.05) is 30.2 Å². The van der Waals surface area contributed by atoms with Crippen LogP contribution in [0.15, 0.2) is 29.4 Å². The largest absolute Gasteiger partial charge is 0.361 e. The lowest BCUT2D eigenvalue weighted by Gasteiger charge is -2.08. The van der Waals surface area contributed by atoms with Crippen LogP contribution in [-0.2, 0) is 11.2 Å². The molecule has 2 rings (SSSR count). The van der Waals surface area contributed by atoms with Crippen molar-refractivity contribution in [2.75, 3.05) is 65.4 Å². The van der Waals surface area contributed by atoms with Crippen LogP contribution in [0.3, 0.4) is 0 Å². The molecule has 0 aliphatic heterocycles. The third-order valence-electron chi connectivity index (χ3n) is 5.97. The summed E-state index contributed by atoms with van der Waals surface area (Å²) in [5.74, 6) is -0.329. The van der Waals surface area contributed by atoms with Crippen molar-refractivity contribution >= 4 is 23.5 Å². The fourth-order valence-electron chi connectivity index (χ4n) is 3.97. The van der Waals surface area contributed by atoms with Crippen molar-refractivity contribution in [2.45, 2.75) is 44.9 Å². The predicted molar refractivity (Wildman–Crippen MR) is 149 cm³/mol. The van der Waals surface area contributed by atoms with Gasteiger partial charge in [0.1, 0.15) is 5.82 Å². The van der Waals surface area contributed by atoms with Crippen molar-refractivity contribution in [3.63, 3.8) is 0 Å². The van der Waals surface area contributed by atoms with Gasteiger partial charge in [-0.3, -0.25) is 4.79 Å². The number of amides is 1. The molecule has 0 unspecified atom stereocenters. The number of halogens is 1. The Morgan fingerprint density at radius 3 is 1.97 bits per heavy atom. The van der Waals surface area contributed by atoms with E-state index >= 15 is 0 Å². The molecule has 1 aromatic heterocycles. The third kappa shape index (κ3) is 13.7. The van der Waals surface area contributed by atoms with Gasteiger partial charge in [0.05, 0.1) is 6.42 Å². The summed E-state index contributed by atoms with van der Waals surface area (Å²) in [5, 5.41) is 17.6. The maximum atomic E-state index is 13.5. The number of hydrogen-bond acceptors (Lipinski definition) is 6. The summed E-state index contributed by atoms with van der Waals surface area (Å²) >= 11 is 0. The van der Waals surface area contributed by atoms with Crippen molar-refractivity contribution in [1.82, 2.24) is 31.6 Å². The highest BCUT2D eigenvalue weighted by atomic mass is 19.1. The number of rotatable bonds is 23. The summed E-state index contributed by atoms with van der Waals surface area (Å²) in [7, 11) is 0. The van der Waals surface area contributed by atoms with Gasteiger partial charge in [-0.2, -0.15) is 0 Å². The molecule has 0 fully saturated rings. The van der Waals surface area contributed by atoms with Crippen LogP contribution in [0.2, 0.25) is 0 Å². The maximum absolute atomic E-state index is 13.5. The molecule has 0 radical (unpaired) electrons. The van der Waals surface area contributed by atoms with E-state index in [1.165, 1.54) is 25.0 Å². The monoisotopic (exact) mass is 503 g/mol. The lowest BCUT2D eigenvalue weighted by Crippen LogP contribution is -2.29. The number of hydrogen-bond donors (Lipinski definition) is 6. The van der Waals surface area contributed by atoms with Gasteiger partial charge in [-0.05, 0) is 121 Å². The number of aromatic nitrogens is 1. The van der Waals surface area contributed by atoms with Crippen LogP contribution in [0.1, 0.15) is 44.1 Å². The first kappa shape index (κ1) is 29.9. The summed E-state index contributed by atoms with van der Waals surface area (Å²) in [5.41, 5.74) is 1.67. The Hall–Kier alpha value is -2.33. The summed E-state index contributed by atoms with van der Waals surface area (Å²) in [6.45, 7) is 13.1. The van der Waals surface area contributed by atoms with E-state index in [1.807, 2.05) is 0 Å². The topological polar surface area (TPSA) is 105 Å². The molecule has 1 heterocycles. The Morgan fingerprint density at radius 2 is 1.36 bits per heavy atom. The zero-order chi connectivity index (χ0) is 25.7. The van der Waals surface area contributed by atoms with E-state index in [2.05, 4.69) is 43.3 Å². The van der Waals surface area contributed by atoms with Gasteiger partial charge in [0.2, 0.25) is 5.91 Å². The molecule has 0 spiro atoms. The fourth-order valence-corrected chi connectivity index (χ4v) is 3.97. The molecule has 0 saturated carbocycles. The number of nitrogens with zero attached hydrogens (tertiary/aromatic N) is 1. The minimum Gasteiger partial charge on any atom is -0.361 e. The number of unbranched alkanes of at least 4 members (excludes halogenated alkanes) is 1. The van der Waals surface area contributed by atoms with E-state index in [4.69, 9.17) is 0 Å². The zero-order valence-corrected chi connectivity index (χ0v) is 21.8.